The summed E-state index contributed by atoms with van der Waals surface area (Å²) in [6, 6.07) is 18.0. The van der Waals surface area contributed by atoms with E-state index in [0.29, 0.717) is 17.5 Å². The quantitative estimate of drug-likeness (QED) is 0.655. The molecule has 2 heterocycles. The average Bonchev–Trinajstić information content (AvgIpc) is 3.13. The Kier molecular flexibility index (Phi) is 4.64. The van der Waals surface area contributed by atoms with Crippen LogP contribution in [0.5, 0.6) is 0 Å². The highest BCUT2D eigenvalue weighted by Crippen LogP contribution is 2.67. The highest BCUT2D eigenvalue weighted by atomic mass is 35.5. The van der Waals surface area contributed by atoms with E-state index in [4.69, 9.17) is 21.3 Å². The van der Waals surface area contributed by atoms with Gasteiger partial charge in [-0.05, 0) is 56.5 Å². The molecule has 2 fully saturated rings. The summed E-state index contributed by atoms with van der Waals surface area (Å²) in [6.07, 6.45) is 4.76. The Morgan fingerprint density at radius 3 is 2.40 bits per heavy atom. The molecule has 1 aliphatic carbocycles. The number of nitrogens with zero attached hydrogens (tertiary/aromatic N) is 2. The first-order valence-corrected chi connectivity index (χ1v) is 11.3. The molecule has 0 radical (unpaired) electrons. The number of hydrogen-bond donors (Lipinski definition) is 1. The molecule has 2 aromatic carbocycles. The van der Waals surface area contributed by atoms with E-state index in [9.17, 15) is 5.11 Å². The summed E-state index contributed by atoms with van der Waals surface area (Å²) in [6.45, 7) is 4.70. The van der Waals surface area contributed by atoms with Crippen LogP contribution in [-0.2, 0) is 4.74 Å². The molecule has 5 heteroatoms. The highest BCUT2D eigenvalue weighted by molar-refractivity contribution is 6.30. The number of benzene rings is 2. The van der Waals surface area contributed by atoms with Crippen LogP contribution in [0.2, 0.25) is 5.02 Å². The van der Waals surface area contributed by atoms with Crippen molar-refractivity contribution in [3.8, 4) is 0 Å². The topological polar surface area (TPSA) is 44.8 Å². The fourth-order valence-electron chi connectivity index (χ4n) is 5.73. The van der Waals surface area contributed by atoms with E-state index in [-0.39, 0.29) is 11.1 Å². The molecule has 158 valence electrons. The van der Waals surface area contributed by atoms with E-state index in [1.165, 1.54) is 6.42 Å². The molecule has 0 bridgehead atoms. The maximum absolute atomic E-state index is 12.0. The van der Waals surface area contributed by atoms with Gasteiger partial charge in [-0.2, -0.15) is 0 Å². The number of rotatable bonds is 4. The number of para-hydroxylation sites is 1. The maximum atomic E-state index is 12.0. The van der Waals surface area contributed by atoms with Crippen LogP contribution in [0.3, 0.4) is 0 Å². The van der Waals surface area contributed by atoms with Crippen LogP contribution < -0.4 is 4.90 Å². The zero-order valence-corrected chi connectivity index (χ0v) is 18.4. The third-order valence-corrected chi connectivity index (χ3v) is 7.22. The second-order valence-corrected chi connectivity index (χ2v) is 9.94. The normalized spacial score (nSPS) is 27.5. The van der Waals surface area contributed by atoms with Crippen molar-refractivity contribution in [1.82, 2.24) is 0 Å². The SMILES string of the molecule is CC1(C)COC(C2(C(O)c3cccc(Cl)c3)N(c3ccccc3)C23CCCCC3)=N1. The Balaban J connectivity index is 1.71. The van der Waals surface area contributed by atoms with Gasteiger partial charge in [0, 0.05) is 10.7 Å². The predicted molar refractivity (Wildman–Crippen MR) is 121 cm³/mol. The van der Waals surface area contributed by atoms with Crippen molar-refractivity contribution in [3.63, 3.8) is 0 Å². The second-order valence-electron chi connectivity index (χ2n) is 9.51. The number of hydrogen-bond acceptors (Lipinski definition) is 4. The molecule has 0 aromatic heterocycles. The summed E-state index contributed by atoms with van der Waals surface area (Å²) in [7, 11) is 0. The number of anilines is 1. The molecule has 0 amide bonds. The monoisotopic (exact) mass is 424 g/mol. The lowest BCUT2D eigenvalue weighted by molar-refractivity contribution is 0.130. The Hall–Kier alpha value is -2.04. The van der Waals surface area contributed by atoms with Gasteiger partial charge in [0.15, 0.2) is 5.54 Å². The van der Waals surface area contributed by atoms with Crippen molar-refractivity contribution in [3.05, 3.63) is 65.2 Å². The predicted octanol–water partition coefficient (Wildman–Crippen LogP) is 5.54. The molecule has 2 unspecified atom stereocenters. The lowest BCUT2D eigenvalue weighted by Gasteiger charge is -2.28. The number of ether oxygens (including phenoxy) is 1. The van der Waals surface area contributed by atoms with Gasteiger partial charge in [-0.3, -0.25) is 0 Å². The molecule has 30 heavy (non-hydrogen) atoms. The van der Waals surface area contributed by atoms with E-state index in [1.54, 1.807) is 0 Å². The summed E-state index contributed by atoms with van der Waals surface area (Å²) in [4.78, 5) is 7.40. The maximum Gasteiger partial charge on any atom is 0.216 e. The standard InChI is InChI=1S/C25H29ClN2O2/c1-23(2)17-30-22(27-23)25(21(29)18-10-9-11-19(26)16-18)24(14-7-4-8-15-24)28(25)20-12-5-3-6-13-20/h3,5-6,9-13,16,21,29H,4,7-8,14-15,17H2,1-2H3. The second kappa shape index (κ2) is 7.00. The summed E-state index contributed by atoms with van der Waals surface area (Å²) >= 11 is 6.31. The van der Waals surface area contributed by atoms with E-state index < -0.39 is 11.6 Å². The minimum Gasteiger partial charge on any atom is -0.477 e. The Bertz CT molecular complexity index is 968. The van der Waals surface area contributed by atoms with Gasteiger partial charge in [-0.25, -0.2) is 4.99 Å². The first-order valence-electron chi connectivity index (χ1n) is 10.9. The molecular formula is C25H29ClN2O2. The molecule has 1 N–H and O–H groups in total. The summed E-state index contributed by atoms with van der Waals surface area (Å²) in [5, 5.41) is 12.6. The van der Waals surface area contributed by atoms with E-state index >= 15 is 0 Å². The zero-order valence-electron chi connectivity index (χ0n) is 17.6. The lowest BCUT2D eigenvalue weighted by atomic mass is 9.75. The van der Waals surface area contributed by atoms with Crippen LogP contribution in [0.4, 0.5) is 5.69 Å². The van der Waals surface area contributed by atoms with Gasteiger partial charge >= 0.3 is 0 Å². The molecule has 3 aliphatic rings. The lowest BCUT2D eigenvalue weighted by Crippen LogP contribution is -2.42. The fourth-order valence-corrected chi connectivity index (χ4v) is 5.93. The minimum absolute atomic E-state index is 0.201. The van der Waals surface area contributed by atoms with Crippen molar-refractivity contribution < 1.29 is 9.84 Å². The van der Waals surface area contributed by atoms with Crippen molar-refractivity contribution in [2.24, 2.45) is 4.99 Å². The van der Waals surface area contributed by atoms with E-state index in [1.807, 2.05) is 30.3 Å². The minimum atomic E-state index is -0.790. The van der Waals surface area contributed by atoms with Crippen LogP contribution in [0, 0.1) is 0 Å². The first-order chi connectivity index (χ1) is 14.4. The number of halogens is 1. The summed E-state index contributed by atoms with van der Waals surface area (Å²) in [5.41, 5.74) is 0.705. The third kappa shape index (κ3) is 2.80. The molecule has 2 aliphatic heterocycles. The third-order valence-electron chi connectivity index (χ3n) is 6.99. The highest BCUT2D eigenvalue weighted by Gasteiger charge is 2.81. The van der Waals surface area contributed by atoms with Crippen LogP contribution >= 0.6 is 11.6 Å². The smallest absolute Gasteiger partial charge is 0.216 e. The van der Waals surface area contributed by atoms with Gasteiger partial charge in [-0.1, -0.05) is 61.2 Å². The number of aliphatic hydroxyl groups excluding tert-OH is 1. The number of aliphatic imine (C=N–C) groups is 1. The van der Waals surface area contributed by atoms with E-state index in [2.05, 4.69) is 43.0 Å². The fraction of sp³-hybridized carbons (Fsp3) is 0.480. The molecule has 1 saturated carbocycles. The van der Waals surface area contributed by atoms with Gasteiger partial charge in [0.2, 0.25) is 5.90 Å². The zero-order chi connectivity index (χ0) is 21.0. The Morgan fingerprint density at radius 2 is 1.77 bits per heavy atom. The number of aliphatic hydroxyl groups is 1. The van der Waals surface area contributed by atoms with Crippen molar-refractivity contribution in [1.29, 1.82) is 0 Å². The average molecular weight is 425 g/mol. The molecular weight excluding hydrogens is 396 g/mol. The molecule has 5 rings (SSSR count). The van der Waals surface area contributed by atoms with Crippen LogP contribution in [0.25, 0.3) is 0 Å². The summed E-state index contributed by atoms with van der Waals surface area (Å²) < 4.78 is 6.26. The Morgan fingerprint density at radius 1 is 1.03 bits per heavy atom. The van der Waals surface area contributed by atoms with Gasteiger partial charge < -0.3 is 14.7 Å². The van der Waals surface area contributed by atoms with Crippen molar-refractivity contribution >= 4 is 23.2 Å². The van der Waals surface area contributed by atoms with Crippen molar-refractivity contribution in [2.45, 2.75) is 68.7 Å². The molecule has 2 aromatic rings. The van der Waals surface area contributed by atoms with Crippen molar-refractivity contribution in [2.75, 3.05) is 11.5 Å². The first kappa shape index (κ1) is 19.9. The molecule has 1 spiro atoms. The summed E-state index contributed by atoms with van der Waals surface area (Å²) in [5.74, 6) is 0.672. The molecule has 4 nitrogen and oxygen atoms in total. The largest absolute Gasteiger partial charge is 0.477 e. The van der Waals surface area contributed by atoms with Gasteiger partial charge in [0.1, 0.15) is 12.7 Å². The van der Waals surface area contributed by atoms with Gasteiger partial charge in [-0.15, -0.1) is 0 Å². The van der Waals surface area contributed by atoms with E-state index in [0.717, 1.165) is 36.9 Å². The molecule has 2 atom stereocenters. The van der Waals surface area contributed by atoms with Crippen LogP contribution in [-0.4, -0.2) is 34.2 Å². The van der Waals surface area contributed by atoms with Gasteiger partial charge in [0.05, 0.1) is 11.1 Å². The van der Waals surface area contributed by atoms with Crippen LogP contribution in [0.15, 0.2) is 59.6 Å². The van der Waals surface area contributed by atoms with Crippen LogP contribution in [0.1, 0.15) is 57.6 Å². The Labute approximate surface area is 183 Å². The molecule has 1 saturated heterocycles. The van der Waals surface area contributed by atoms with Gasteiger partial charge in [0.25, 0.3) is 0 Å².